The summed E-state index contributed by atoms with van der Waals surface area (Å²) in [5, 5.41) is 6.49. The maximum absolute atomic E-state index is 12.5. The van der Waals surface area contributed by atoms with Crippen LogP contribution >= 0.6 is 0 Å². The first-order valence-corrected chi connectivity index (χ1v) is 12.0. The maximum Gasteiger partial charge on any atom is 0.242 e. The molecule has 0 aromatic heterocycles. The number of hydrogen-bond donors (Lipinski definition) is 2. The maximum atomic E-state index is 12.5. The van der Waals surface area contributed by atoms with E-state index in [2.05, 4.69) is 15.6 Å². The fourth-order valence-corrected chi connectivity index (χ4v) is 4.50. The molecule has 1 saturated carbocycles. The van der Waals surface area contributed by atoms with Gasteiger partial charge < -0.3 is 15.4 Å². The Balaban J connectivity index is 1.94. The third-order valence-electron chi connectivity index (χ3n) is 5.03. The summed E-state index contributed by atoms with van der Waals surface area (Å²) in [5.74, 6) is 0.661. The van der Waals surface area contributed by atoms with Crippen LogP contribution in [0.4, 0.5) is 0 Å². The molecule has 0 saturated heterocycles. The minimum absolute atomic E-state index is 0.280. The van der Waals surface area contributed by atoms with E-state index < -0.39 is 10.0 Å². The molecule has 8 heteroatoms. The van der Waals surface area contributed by atoms with Crippen molar-refractivity contribution in [2.24, 2.45) is 4.99 Å². The molecule has 2 rings (SSSR count). The van der Waals surface area contributed by atoms with Crippen molar-refractivity contribution in [2.75, 3.05) is 33.8 Å². The fraction of sp³-hybridized carbons (Fsp3) is 0.667. The molecular weight excluding hydrogens is 388 g/mol. The Hall–Kier alpha value is -1.64. The molecule has 0 radical (unpaired) electrons. The van der Waals surface area contributed by atoms with Gasteiger partial charge in [0.1, 0.15) is 0 Å². The molecule has 2 N–H and O–H groups in total. The predicted octanol–water partition coefficient (Wildman–Crippen LogP) is 2.73. The smallest absolute Gasteiger partial charge is 0.242 e. The van der Waals surface area contributed by atoms with Crippen LogP contribution in [0.3, 0.4) is 0 Å². The van der Waals surface area contributed by atoms with Crippen LogP contribution in [0.2, 0.25) is 0 Å². The first kappa shape index (κ1) is 23.6. The summed E-state index contributed by atoms with van der Waals surface area (Å²) >= 11 is 0. The normalized spacial score (nSPS) is 16.6. The van der Waals surface area contributed by atoms with Crippen molar-refractivity contribution in [1.29, 1.82) is 0 Å². The van der Waals surface area contributed by atoms with E-state index in [4.69, 9.17) is 4.74 Å². The van der Waals surface area contributed by atoms with Gasteiger partial charge in [0.15, 0.2) is 5.96 Å². The zero-order chi connectivity index (χ0) is 21.1. The van der Waals surface area contributed by atoms with Crippen molar-refractivity contribution in [3.8, 4) is 0 Å². The molecule has 29 heavy (non-hydrogen) atoms. The lowest BCUT2D eigenvalue weighted by molar-refractivity contribution is 0.0468. The predicted molar refractivity (Wildman–Crippen MR) is 118 cm³/mol. The van der Waals surface area contributed by atoms with Crippen molar-refractivity contribution in [3.05, 3.63) is 29.8 Å². The fourth-order valence-electron chi connectivity index (χ4n) is 3.39. The number of ether oxygens (including phenoxy) is 1. The Bertz CT molecular complexity index is 742. The Kier molecular flexibility index (Phi) is 9.90. The van der Waals surface area contributed by atoms with Gasteiger partial charge >= 0.3 is 0 Å². The highest BCUT2D eigenvalue weighted by Crippen LogP contribution is 2.20. The third-order valence-corrected chi connectivity index (χ3v) is 6.95. The lowest BCUT2D eigenvalue weighted by Crippen LogP contribution is -2.39. The lowest BCUT2D eigenvalue weighted by atomic mass is 10.1. The first-order valence-electron chi connectivity index (χ1n) is 10.6. The summed E-state index contributed by atoms with van der Waals surface area (Å²) in [4.78, 5) is 4.87. The van der Waals surface area contributed by atoms with Gasteiger partial charge in [-0.05, 0) is 31.4 Å². The molecule has 0 bridgehead atoms. The minimum atomic E-state index is -3.50. The molecule has 1 aromatic carbocycles. The zero-order valence-corrected chi connectivity index (χ0v) is 18.8. The minimum Gasteiger partial charge on any atom is -0.376 e. The van der Waals surface area contributed by atoms with E-state index in [1.807, 2.05) is 13.0 Å². The van der Waals surface area contributed by atoms with Gasteiger partial charge in [0, 0.05) is 27.2 Å². The standard InChI is InChI=1S/C21H36N4O3S/c1-4-22-21(23-15-16-28-19-12-7-5-6-8-13-19)24-17-18-11-9-10-14-20(18)29(26,27)25(2)3/h9-11,14,19H,4-8,12-13,15-17H2,1-3H3,(H2,22,23,24). The molecule has 0 amide bonds. The van der Waals surface area contributed by atoms with Gasteiger partial charge in [0.05, 0.1) is 24.2 Å². The summed E-state index contributed by atoms with van der Waals surface area (Å²) < 4.78 is 32.3. The van der Waals surface area contributed by atoms with E-state index in [9.17, 15) is 8.42 Å². The molecular formula is C21H36N4O3S. The summed E-state index contributed by atoms with van der Waals surface area (Å²) in [7, 11) is -0.427. The summed E-state index contributed by atoms with van der Waals surface area (Å²) in [6, 6.07) is 7.00. The second kappa shape index (κ2) is 12.1. The SMILES string of the molecule is CCNC(=NCc1ccccc1S(=O)(=O)N(C)C)NCCOC1CCCCCC1. The molecule has 1 aliphatic carbocycles. The lowest BCUT2D eigenvalue weighted by Gasteiger charge is -2.17. The Morgan fingerprint density at radius 1 is 1.14 bits per heavy atom. The Morgan fingerprint density at radius 3 is 2.48 bits per heavy atom. The number of hydrogen-bond acceptors (Lipinski definition) is 4. The quantitative estimate of drug-likeness (QED) is 0.276. The molecule has 164 valence electrons. The van der Waals surface area contributed by atoms with Gasteiger partial charge in [-0.15, -0.1) is 0 Å². The number of rotatable bonds is 9. The second-order valence-corrected chi connectivity index (χ2v) is 9.62. The van der Waals surface area contributed by atoms with Crippen LogP contribution in [-0.4, -0.2) is 58.6 Å². The van der Waals surface area contributed by atoms with Gasteiger partial charge in [0.25, 0.3) is 0 Å². The van der Waals surface area contributed by atoms with Crippen LogP contribution < -0.4 is 10.6 Å². The molecule has 1 fully saturated rings. The average molecular weight is 425 g/mol. The first-order chi connectivity index (χ1) is 13.9. The van der Waals surface area contributed by atoms with Crippen LogP contribution in [0.1, 0.15) is 51.0 Å². The number of guanidine groups is 1. The van der Waals surface area contributed by atoms with Gasteiger partial charge in [-0.2, -0.15) is 0 Å². The molecule has 7 nitrogen and oxygen atoms in total. The molecule has 0 aliphatic heterocycles. The molecule has 0 heterocycles. The van der Waals surface area contributed by atoms with Crippen LogP contribution in [0, 0.1) is 0 Å². The van der Waals surface area contributed by atoms with Crippen molar-refractivity contribution >= 4 is 16.0 Å². The topological polar surface area (TPSA) is 83.0 Å². The molecule has 1 aromatic rings. The van der Waals surface area contributed by atoms with Crippen LogP contribution in [-0.2, 0) is 21.3 Å². The number of nitrogens with zero attached hydrogens (tertiary/aromatic N) is 2. The van der Waals surface area contributed by atoms with Gasteiger partial charge in [-0.25, -0.2) is 17.7 Å². The number of aliphatic imine (C=N–C) groups is 1. The summed E-state index contributed by atoms with van der Waals surface area (Å²) in [6.45, 7) is 4.32. The Morgan fingerprint density at radius 2 is 1.83 bits per heavy atom. The van der Waals surface area contributed by atoms with Crippen LogP contribution in [0.15, 0.2) is 34.2 Å². The summed E-state index contributed by atoms with van der Waals surface area (Å²) in [6.07, 6.45) is 7.86. The van der Waals surface area contributed by atoms with E-state index in [-0.39, 0.29) is 6.54 Å². The number of benzene rings is 1. The van der Waals surface area contributed by atoms with Crippen molar-refractivity contribution in [1.82, 2.24) is 14.9 Å². The van der Waals surface area contributed by atoms with Crippen molar-refractivity contribution in [3.63, 3.8) is 0 Å². The molecule has 0 atom stereocenters. The van der Waals surface area contributed by atoms with Gasteiger partial charge in [0.2, 0.25) is 10.0 Å². The van der Waals surface area contributed by atoms with E-state index in [0.717, 1.165) is 19.4 Å². The van der Waals surface area contributed by atoms with Crippen LogP contribution in [0.5, 0.6) is 0 Å². The third kappa shape index (κ3) is 7.60. The highest BCUT2D eigenvalue weighted by Gasteiger charge is 2.20. The largest absolute Gasteiger partial charge is 0.376 e. The molecule has 0 spiro atoms. The van der Waals surface area contributed by atoms with E-state index in [1.165, 1.54) is 44.1 Å². The monoisotopic (exact) mass is 424 g/mol. The highest BCUT2D eigenvalue weighted by atomic mass is 32.2. The van der Waals surface area contributed by atoms with Gasteiger partial charge in [-0.1, -0.05) is 43.9 Å². The summed E-state index contributed by atoms with van der Waals surface area (Å²) in [5.41, 5.74) is 0.674. The average Bonchev–Trinajstić information content (AvgIpc) is 2.98. The van der Waals surface area contributed by atoms with Crippen LogP contribution in [0.25, 0.3) is 0 Å². The zero-order valence-electron chi connectivity index (χ0n) is 18.0. The highest BCUT2D eigenvalue weighted by molar-refractivity contribution is 7.89. The van der Waals surface area contributed by atoms with E-state index >= 15 is 0 Å². The molecule has 1 aliphatic rings. The van der Waals surface area contributed by atoms with Crippen molar-refractivity contribution < 1.29 is 13.2 Å². The van der Waals surface area contributed by atoms with E-state index in [1.54, 1.807) is 18.2 Å². The Labute approximate surface area is 176 Å². The van der Waals surface area contributed by atoms with Gasteiger partial charge in [-0.3, -0.25) is 0 Å². The van der Waals surface area contributed by atoms with Crippen molar-refractivity contribution in [2.45, 2.75) is 63.0 Å². The number of nitrogens with one attached hydrogen (secondary N) is 2. The second-order valence-electron chi connectivity index (χ2n) is 7.50. The molecule has 0 unspecified atom stereocenters. The number of sulfonamides is 1. The van der Waals surface area contributed by atoms with E-state index in [0.29, 0.717) is 35.7 Å².